The Hall–Kier alpha value is -3.14. The summed E-state index contributed by atoms with van der Waals surface area (Å²) in [7, 11) is 0. The predicted molar refractivity (Wildman–Crippen MR) is 138 cm³/mol. The number of halogens is 4. The van der Waals surface area contributed by atoms with Crippen LogP contribution in [0.3, 0.4) is 0 Å². The van der Waals surface area contributed by atoms with Crippen molar-refractivity contribution in [3.8, 4) is 0 Å². The Kier molecular flexibility index (Phi) is 7.35. The Labute approximate surface area is 227 Å². The van der Waals surface area contributed by atoms with Crippen molar-refractivity contribution in [3.05, 3.63) is 87.4 Å². The fraction of sp³-hybridized carbons (Fsp3) is 0.333. The van der Waals surface area contributed by atoms with Crippen LogP contribution in [0.1, 0.15) is 59.4 Å². The van der Waals surface area contributed by atoms with Crippen LogP contribution >= 0.6 is 23.2 Å². The zero-order valence-corrected chi connectivity index (χ0v) is 21.6. The number of rotatable bonds is 6. The van der Waals surface area contributed by atoms with E-state index in [9.17, 15) is 23.5 Å². The molecule has 7 nitrogen and oxygen atoms in total. The van der Waals surface area contributed by atoms with Crippen LogP contribution in [0.2, 0.25) is 10.0 Å². The first-order chi connectivity index (χ1) is 18.2. The highest BCUT2D eigenvalue weighted by Gasteiger charge is 2.53. The molecule has 1 aliphatic heterocycles. The summed E-state index contributed by atoms with van der Waals surface area (Å²) in [6, 6.07) is 11.2. The van der Waals surface area contributed by atoms with Crippen LogP contribution in [-0.4, -0.2) is 39.5 Å². The highest BCUT2D eigenvalue weighted by atomic mass is 35.5. The number of fused-ring (bicyclic) bond motifs is 1. The fourth-order valence-corrected chi connectivity index (χ4v) is 5.73. The van der Waals surface area contributed by atoms with E-state index in [2.05, 4.69) is 15.3 Å². The number of nitrogens with one attached hydrogen (secondary N) is 1. The molecule has 1 unspecified atom stereocenters. The summed E-state index contributed by atoms with van der Waals surface area (Å²) >= 11 is 12.2. The minimum absolute atomic E-state index is 0.0895. The van der Waals surface area contributed by atoms with Crippen LogP contribution < -0.4 is 10.2 Å². The smallest absolute Gasteiger partial charge is 0.281 e. The minimum atomic E-state index is -2.90. The van der Waals surface area contributed by atoms with Crippen LogP contribution in [-0.2, 0) is 10.4 Å². The van der Waals surface area contributed by atoms with Gasteiger partial charge in [0.15, 0.2) is 0 Å². The molecule has 2 aliphatic rings. The number of hydrogen-bond acceptors (Lipinski definition) is 5. The lowest BCUT2D eigenvalue weighted by atomic mass is 9.85. The molecular formula is C27H24Cl2F2N4O3. The molecule has 0 saturated heterocycles. The number of benzene rings is 1. The molecule has 0 spiro atoms. The molecular weight excluding hydrogens is 537 g/mol. The Balaban J connectivity index is 1.27. The molecule has 1 aliphatic carbocycles. The number of amides is 2. The van der Waals surface area contributed by atoms with Crippen LogP contribution in [0.5, 0.6) is 0 Å². The third-order valence-corrected chi connectivity index (χ3v) is 7.71. The van der Waals surface area contributed by atoms with Crippen molar-refractivity contribution in [2.45, 2.75) is 43.8 Å². The molecule has 2 N–H and O–H groups in total. The van der Waals surface area contributed by atoms with Crippen molar-refractivity contribution in [1.82, 2.24) is 15.3 Å². The maximum Gasteiger partial charge on any atom is 0.281 e. The molecule has 2 amide bonds. The maximum absolute atomic E-state index is 13.6. The second kappa shape index (κ2) is 10.6. The van der Waals surface area contributed by atoms with Gasteiger partial charge in [0.2, 0.25) is 5.60 Å². The first-order valence-corrected chi connectivity index (χ1v) is 12.9. The molecule has 3 aromatic rings. The van der Waals surface area contributed by atoms with Gasteiger partial charge in [-0.25, -0.2) is 8.78 Å². The largest absolute Gasteiger partial charge is 0.370 e. The van der Waals surface area contributed by atoms with E-state index in [0.717, 1.165) is 6.20 Å². The van der Waals surface area contributed by atoms with Gasteiger partial charge in [0.25, 0.3) is 18.2 Å². The molecule has 38 heavy (non-hydrogen) atoms. The van der Waals surface area contributed by atoms with E-state index in [0.29, 0.717) is 43.5 Å². The van der Waals surface area contributed by atoms with Gasteiger partial charge < -0.3 is 15.3 Å². The summed E-state index contributed by atoms with van der Waals surface area (Å²) in [6.07, 6.45) is 2.26. The highest BCUT2D eigenvalue weighted by Crippen LogP contribution is 2.46. The van der Waals surface area contributed by atoms with Gasteiger partial charge >= 0.3 is 0 Å². The minimum Gasteiger partial charge on any atom is -0.370 e. The number of pyridine rings is 2. The molecule has 2 aromatic heterocycles. The van der Waals surface area contributed by atoms with Crippen molar-refractivity contribution in [1.29, 1.82) is 0 Å². The van der Waals surface area contributed by atoms with E-state index in [-0.39, 0.29) is 33.3 Å². The van der Waals surface area contributed by atoms with Crippen LogP contribution in [0, 0.1) is 5.92 Å². The molecule has 0 radical (unpaired) electrons. The first-order valence-electron chi connectivity index (χ1n) is 12.2. The Morgan fingerprint density at radius 2 is 1.87 bits per heavy atom. The zero-order valence-electron chi connectivity index (χ0n) is 20.1. The molecule has 1 saturated carbocycles. The summed E-state index contributed by atoms with van der Waals surface area (Å²) in [5.41, 5.74) is -1.71. The summed E-state index contributed by atoms with van der Waals surface area (Å²) in [6.45, 7) is 0.372. The average molecular weight is 561 g/mol. The maximum atomic E-state index is 13.6. The van der Waals surface area contributed by atoms with Crippen molar-refractivity contribution < 1.29 is 23.5 Å². The predicted octanol–water partition coefficient (Wildman–Crippen LogP) is 5.29. The Morgan fingerprint density at radius 1 is 1.13 bits per heavy atom. The third-order valence-electron chi connectivity index (χ3n) is 7.20. The molecule has 11 heteroatoms. The quantitative estimate of drug-likeness (QED) is 0.427. The van der Waals surface area contributed by atoms with E-state index < -0.39 is 29.5 Å². The number of hydrogen-bond donors (Lipinski definition) is 2. The topological polar surface area (TPSA) is 95.4 Å². The normalized spacial score (nSPS) is 23.0. The summed E-state index contributed by atoms with van der Waals surface area (Å²) in [4.78, 5) is 35.8. The fourth-order valence-electron chi connectivity index (χ4n) is 5.31. The van der Waals surface area contributed by atoms with Gasteiger partial charge in [0.1, 0.15) is 11.4 Å². The third kappa shape index (κ3) is 4.74. The van der Waals surface area contributed by atoms with Crippen LogP contribution in [0.4, 0.5) is 14.5 Å². The van der Waals surface area contributed by atoms with E-state index in [1.54, 1.807) is 41.3 Å². The summed E-state index contributed by atoms with van der Waals surface area (Å²) in [5.74, 6) is -1.05. The molecule has 3 heterocycles. The highest BCUT2D eigenvalue weighted by molar-refractivity contribution is 6.32. The van der Waals surface area contributed by atoms with Gasteiger partial charge in [0, 0.05) is 30.5 Å². The number of para-hydroxylation sites is 1. The second-order valence-corrected chi connectivity index (χ2v) is 10.4. The van der Waals surface area contributed by atoms with Crippen LogP contribution in [0.15, 0.2) is 54.9 Å². The molecule has 0 bridgehead atoms. The van der Waals surface area contributed by atoms with Gasteiger partial charge in [-0.2, -0.15) is 0 Å². The lowest BCUT2D eigenvalue weighted by molar-refractivity contribution is -0.132. The monoisotopic (exact) mass is 560 g/mol. The summed E-state index contributed by atoms with van der Waals surface area (Å²) < 4.78 is 26.6. The Morgan fingerprint density at radius 3 is 2.58 bits per heavy atom. The SMILES string of the molecule is O=C(N[C@H]1CC[C@H](CN2C(=O)C(O)(c3ncccc3Cl)c3ccccc32)CC1)c1cc(Cl)cnc1C(F)F. The molecule has 198 valence electrons. The standard InChI is InChI=1S/C27H24Cl2F2N4O3/c28-16-12-18(22(24(30)31)33-13-16)25(36)34-17-9-7-15(8-10-17)14-35-21-6-2-1-4-19(21)27(38,26(35)37)23-20(29)5-3-11-32-23/h1-6,11-13,15,17,24,38H,7-10,14H2,(H,34,36)/t15-,17-,27?. The van der Waals surface area contributed by atoms with Gasteiger partial charge in [-0.15, -0.1) is 0 Å². The van der Waals surface area contributed by atoms with Gasteiger partial charge in [-0.05, 0) is 55.9 Å². The lowest BCUT2D eigenvalue weighted by Gasteiger charge is -2.32. The van der Waals surface area contributed by atoms with E-state index in [1.165, 1.54) is 12.3 Å². The Bertz CT molecular complexity index is 1380. The number of carbonyl (C=O) groups is 2. The van der Waals surface area contributed by atoms with Gasteiger partial charge in [-0.1, -0.05) is 41.4 Å². The number of anilines is 1. The molecule has 1 aromatic carbocycles. The van der Waals surface area contributed by atoms with Crippen molar-refractivity contribution >= 4 is 40.7 Å². The van der Waals surface area contributed by atoms with Gasteiger partial charge in [-0.3, -0.25) is 19.6 Å². The van der Waals surface area contributed by atoms with E-state index in [4.69, 9.17) is 23.2 Å². The lowest BCUT2D eigenvalue weighted by Crippen LogP contribution is -2.45. The van der Waals surface area contributed by atoms with Crippen molar-refractivity contribution in [2.24, 2.45) is 5.92 Å². The number of carbonyl (C=O) groups excluding carboxylic acids is 2. The number of alkyl halides is 2. The van der Waals surface area contributed by atoms with Gasteiger partial charge in [0.05, 0.1) is 21.3 Å². The number of nitrogens with zero attached hydrogens (tertiary/aromatic N) is 3. The van der Waals surface area contributed by atoms with E-state index >= 15 is 0 Å². The number of aromatic nitrogens is 2. The molecule has 1 fully saturated rings. The second-order valence-electron chi connectivity index (χ2n) is 9.56. The zero-order chi connectivity index (χ0) is 27.0. The van der Waals surface area contributed by atoms with Crippen LogP contribution in [0.25, 0.3) is 0 Å². The average Bonchev–Trinajstić information content (AvgIpc) is 3.12. The van der Waals surface area contributed by atoms with Crippen molar-refractivity contribution in [3.63, 3.8) is 0 Å². The number of aliphatic hydroxyl groups is 1. The molecule has 1 atom stereocenters. The first kappa shape index (κ1) is 26.5. The molecule has 5 rings (SSSR count). The van der Waals surface area contributed by atoms with E-state index in [1.807, 2.05) is 0 Å². The van der Waals surface area contributed by atoms with Crippen molar-refractivity contribution in [2.75, 3.05) is 11.4 Å². The summed E-state index contributed by atoms with van der Waals surface area (Å²) in [5, 5.41) is 14.8.